The highest BCUT2D eigenvalue weighted by atomic mass is 16.5. The summed E-state index contributed by atoms with van der Waals surface area (Å²) in [6.07, 6.45) is 5.19. The van der Waals surface area contributed by atoms with Gasteiger partial charge in [0.1, 0.15) is 0 Å². The number of hydrogen-bond donors (Lipinski definition) is 1. The van der Waals surface area contributed by atoms with Gasteiger partial charge in [0, 0.05) is 45.6 Å². The van der Waals surface area contributed by atoms with E-state index in [4.69, 9.17) is 9.47 Å². The maximum atomic E-state index is 5.26. The van der Waals surface area contributed by atoms with Gasteiger partial charge in [-0.15, -0.1) is 0 Å². The Balaban J connectivity index is 2.24. The third-order valence-electron chi connectivity index (χ3n) is 2.53. The van der Waals surface area contributed by atoms with Crippen LogP contribution < -0.4 is 5.32 Å². The summed E-state index contributed by atoms with van der Waals surface area (Å²) in [4.78, 5) is 0. The summed E-state index contributed by atoms with van der Waals surface area (Å²) >= 11 is 0. The first kappa shape index (κ1) is 14.2. The molecule has 1 heterocycles. The Morgan fingerprint density at radius 3 is 2.94 bits per heavy atom. The van der Waals surface area contributed by atoms with E-state index in [0.717, 1.165) is 26.1 Å². The van der Waals surface area contributed by atoms with Gasteiger partial charge in [0.2, 0.25) is 0 Å². The van der Waals surface area contributed by atoms with E-state index in [1.807, 2.05) is 10.9 Å². The van der Waals surface area contributed by atoms with Crippen molar-refractivity contribution in [3.8, 4) is 0 Å². The van der Waals surface area contributed by atoms with Crippen molar-refractivity contribution in [2.45, 2.75) is 32.5 Å². The van der Waals surface area contributed by atoms with Crippen LogP contribution in [0, 0.1) is 0 Å². The van der Waals surface area contributed by atoms with Crippen molar-refractivity contribution < 1.29 is 9.47 Å². The van der Waals surface area contributed by atoms with Gasteiger partial charge < -0.3 is 14.8 Å². The molecule has 1 rings (SSSR count). The van der Waals surface area contributed by atoms with Gasteiger partial charge in [-0.25, -0.2) is 0 Å². The third-order valence-corrected chi connectivity index (χ3v) is 2.53. The second kappa shape index (κ2) is 8.22. The minimum atomic E-state index is 0.102. The third kappa shape index (κ3) is 5.30. The average Bonchev–Trinajstić information content (AvgIpc) is 2.76. The normalized spacial score (nSPS) is 12.9. The first-order valence-corrected chi connectivity index (χ1v) is 6.04. The number of aryl methyl sites for hydroxylation is 1. The van der Waals surface area contributed by atoms with E-state index >= 15 is 0 Å². The second-order valence-corrected chi connectivity index (χ2v) is 4.06. The number of ether oxygens (including phenoxy) is 2. The summed E-state index contributed by atoms with van der Waals surface area (Å²) in [5, 5.41) is 7.62. The van der Waals surface area contributed by atoms with Gasteiger partial charge in [-0.2, -0.15) is 5.10 Å². The first-order chi connectivity index (χ1) is 8.30. The molecule has 98 valence electrons. The minimum absolute atomic E-state index is 0.102. The lowest BCUT2D eigenvalue weighted by molar-refractivity contribution is 0.0288. The van der Waals surface area contributed by atoms with Crippen LogP contribution in [-0.4, -0.2) is 43.3 Å². The van der Waals surface area contributed by atoms with E-state index in [1.54, 1.807) is 14.2 Å². The highest BCUT2D eigenvalue weighted by molar-refractivity contribution is 5.03. The van der Waals surface area contributed by atoms with Gasteiger partial charge in [0.15, 0.2) is 0 Å². The van der Waals surface area contributed by atoms with Gasteiger partial charge in [0.05, 0.1) is 18.9 Å². The summed E-state index contributed by atoms with van der Waals surface area (Å²) in [7, 11) is 3.38. The molecule has 0 fully saturated rings. The van der Waals surface area contributed by atoms with Crippen LogP contribution in [0.4, 0.5) is 0 Å². The smallest absolute Gasteiger partial charge is 0.0928 e. The monoisotopic (exact) mass is 241 g/mol. The molecule has 0 bridgehead atoms. The Morgan fingerprint density at radius 2 is 2.29 bits per heavy atom. The summed E-state index contributed by atoms with van der Waals surface area (Å²) < 4.78 is 12.3. The molecule has 0 aliphatic rings. The Kier molecular flexibility index (Phi) is 6.84. The molecule has 1 unspecified atom stereocenters. The fraction of sp³-hybridized carbons (Fsp3) is 0.750. The fourth-order valence-electron chi connectivity index (χ4n) is 1.62. The molecule has 0 radical (unpaired) electrons. The van der Waals surface area contributed by atoms with Crippen LogP contribution in [0.25, 0.3) is 0 Å². The van der Waals surface area contributed by atoms with E-state index in [9.17, 15) is 0 Å². The summed E-state index contributed by atoms with van der Waals surface area (Å²) in [6, 6.07) is 0. The van der Waals surface area contributed by atoms with Crippen molar-refractivity contribution in [1.82, 2.24) is 15.1 Å². The molecule has 0 spiro atoms. The molecule has 0 amide bonds. The SMILES string of the molecule is CCCn1cc(CNCC(COC)OC)cn1. The van der Waals surface area contributed by atoms with Crippen molar-refractivity contribution in [1.29, 1.82) is 0 Å². The van der Waals surface area contributed by atoms with Gasteiger partial charge in [-0.1, -0.05) is 6.92 Å². The van der Waals surface area contributed by atoms with Crippen molar-refractivity contribution in [2.75, 3.05) is 27.4 Å². The van der Waals surface area contributed by atoms with Gasteiger partial charge in [-0.05, 0) is 6.42 Å². The lowest BCUT2D eigenvalue weighted by Gasteiger charge is -2.14. The number of rotatable bonds is 9. The van der Waals surface area contributed by atoms with Crippen LogP contribution in [0.3, 0.4) is 0 Å². The Labute approximate surface area is 103 Å². The zero-order chi connectivity index (χ0) is 12.5. The Morgan fingerprint density at radius 1 is 1.47 bits per heavy atom. The second-order valence-electron chi connectivity index (χ2n) is 4.06. The van der Waals surface area contributed by atoms with Crippen LogP contribution in [0.1, 0.15) is 18.9 Å². The highest BCUT2D eigenvalue weighted by Gasteiger charge is 2.06. The Hall–Kier alpha value is -0.910. The van der Waals surface area contributed by atoms with Crippen molar-refractivity contribution in [3.63, 3.8) is 0 Å². The summed E-state index contributed by atoms with van der Waals surface area (Å²) in [6.45, 7) is 5.33. The summed E-state index contributed by atoms with van der Waals surface area (Å²) in [5.41, 5.74) is 1.20. The minimum Gasteiger partial charge on any atom is -0.382 e. The highest BCUT2D eigenvalue weighted by Crippen LogP contribution is 1.98. The maximum absolute atomic E-state index is 5.26. The molecular weight excluding hydrogens is 218 g/mol. The standard InChI is InChI=1S/C12H23N3O2/c1-4-5-15-9-11(7-14-15)6-13-8-12(17-3)10-16-2/h7,9,12-13H,4-6,8,10H2,1-3H3. The van der Waals surface area contributed by atoms with Crippen LogP contribution >= 0.6 is 0 Å². The van der Waals surface area contributed by atoms with Crippen LogP contribution in [0.15, 0.2) is 12.4 Å². The summed E-state index contributed by atoms with van der Waals surface area (Å²) in [5.74, 6) is 0. The molecule has 0 aliphatic carbocycles. The predicted octanol–water partition coefficient (Wildman–Crippen LogP) is 1.04. The molecule has 1 atom stereocenters. The number of nitrogens with zero attached hydrogens (tertiary/aromatic N) is 2. The Bertz CT molecular complexity index is 302. The lowest BCUT2D eigenvalue weighted by Crippen LogP contribution is -2.31. The largest absolute Gasteiger partial charge is 0.382 e. The van der Waals surface area contributed by atoms with E-state index < -0.39 is 0 Å². The van der Waals surface area contributed by atoms with Crippen LogP contribution in [0.2, 0.25) is 0 Å². The van der Waals surface area contributed by atoms with Gasteiger partial charge >= 0.3 is 0 Å². The molecule has 0 saturated carbocycles. The van der Waals surface area contributed by atoms with E-state index in [1.165, 1.54) is 5.56 Å². The zero-order valence-electron chi connectivity index (χ0n) is 11.0. The van der Waals surface area contributed by atoms with Gasteiger partial charge in [0.25, 0.3) is 0 Å². The molecule has 17 heavy (non-hydrogen) atoms. The lowest BCUT2D eigenvalue weighted by atomic mass is 10.3. The molecular formula is C12H23N3O2. The molecule has 5 nitrogen and oxygen atoms in total. The van der Waals surface area contributed by atoms with Gasteiger partial charge in [-0.3, -0.25) is 4.68 Å². The molecule has 0 aliphatic heterocycles. The van der Waals surface area contributed by atoms with Crippen LogP contribution in [-0.2, 0) is 22.6 Å². The topological polar surface area (TPSA) is 48.3 Å². The van der Waals surface area contributed by atoms with Crippen LogP contribution in [0.5, 0.6) is 0 Å². The molecule has 1 aromatic heterocycles. The molecule has 0 aromatic carbocycles. The number of methoxy groups -OCH3 is 2. The average molecular weight is 241 g/mol. The zero-order valence-corrected chi connectivity index (χ0v) is 11.0. The van der Waals surface area contributed by atoms with E-state index in [2.05, 4.69) is 23.5 Å². The van der Waals surface area contributed by atoms with Crippen molar-refractivity contribution in [3.05, 3.63) is 18.0 Å². The first-order valence-electron chi connectivity index (χ1n) is 6.04. The number of hydrogen-bond acceptors (Lipinski definition) is 4. The molecule has 0 saturated heterocycles. The fourth-order valence-corrected chi connectivity index (χ4v) is 1.62. The van der Waals surface area contributed by atoms with E-state index in [-0.39, 0.29) is 6.10 Å². The predicted molar refractivity (Wildman–Crippen MR) is 66.9 cm³/mol. The van der Waals surface area contributed by atoms with E-state index in [0.29, 0.717) is 6.61 Å². The molecule has 1 aromatic rings. The molecule has 1 N–H and O–H groups in total. The number of aromatic nitrogens is 2. The van der Waals surface area contributed by atoms with Crippen molar-refractivity contribution >= 4 is 0 Å². The van der Waals surface area contributed by atoms with Crippen molar-refractivity contribution in [2.24, 2.45) is 0 Å². The maximum Gasteiger partial charge on any atom is 0.0928 e. The quantitative estimate of drug-likeness (QED) is 0.702. The number of nitrogens with one attached hydrogen (secondary N) is 1. The molecule has 5 heteroatoms.